The summed E-state index contributed by atoms with van der Waals surface area (Å²) in [6.07, 6.45) is -4.70. The van der Waals surface area contributed by atoms with Gasteiger partial charge in [-0.15, -0.1) is 0 Å². The lowest BCUT2D eigenvalue weighted by Crippen LogP contribution is -2.23. The summed E-state index contributed by atoms with van der Waals surface area (Å²) in [6.45, 7) is 1.63. The molecule has 39 heavy (non-hydrogen) atoms. The van der Waals surface area contributed by atoms with E-state index in [4.69, 9.17) is 9.15 Å². The first-order chi connectivity index (χ1) is 18.6. The highest BCUT2D eigenvalue weighted by Crippen LogP contribution is 2.43. The van der Waals surface area contributed by atoms with Gasteiger partial charge >= 0.3 is 11.8 Å². The van der Waals surface area contributed by atoms with E-state index in [9.17, 15) is 27.9 Å². The Hall–Kier alpha value is -4.44. The molecule has 0 unspecified atom stereocenters. The minimum absolute atomic E-state index is 0.158. The van der Waals surface area contributed by atoms with Crippen molar-refractivity contribution in [2.24, 2.45) is 0 Å². The van der Waals surface area contributed by atoms with Crippen molar-refractivity contribution in [2.75, 3.05) is 7.11 Å². The predicted octanol–water partition coefficient (Wildman–Crippen LogP) is 6.80. The van der Waals surface area contributed by atoms with E-state index < -0.39 is 33.6 Å². The molecule has 2 heterocycles. The number of fused-ring (bicyclic) bond motifs is 1. The molecule has 10 heteroatoms. The highest BCUT2D eigenvalue weighted by Gasteiger charge is 2.34. The van der Waals surface area contributed by atoms with Crippen molar-refractivity contribution in [2.45, 2.75) is 22.9 Å². The van der Waals surface area contributed by atoms with Crippen LogP contribution in [0.4, 0.5) is 13.2 Å². The Labute approximate surface area is 223 Å². The number of methoxy groups -OCH3 is 1. The number of halogens is 3. The summed E-state index contributed by atoms with van der Waals surface area (Å²) in [5.41, 5.74) is -1.11. The second-order valence-corrected chi connectivity index (χ2v) is 9.60. The lowest BCUT2D eigenvalue weighted by molar-refractivity contribution is -0.139. The lowest BCUT2D eigenvalue weighted by Gasteiger charge is -2.19. The summed E-state index contributed by atoms with van der Waals surface area (Å²) in [4.78, 5) is 26.2. The van der Waals surface area contributed by atoms with Crippen LogP contribution in [-0.4, -0.2) is 16.8 Å². The standard InChI is InChI=1S/C29H20F3NO5S/c1-16-23(17-9-4-3-5-10-17)33(18-11-8-12-19(15-18)37-2)27(35)22-24(34)26(28(36)38-25(16)22)39-21-14-7-6-13-20(21)29(30,31)32/h3-15,34H,1-2H3. The molecular formula is C29H20F3NO5S. The summed E-state index contributed by atoms with van der Waals surface area (Å²) in [7, 11) is 1.48. The molecule has 0 amide bonds. The number of nitrogens with zero attached hydrogens (tertiary/aromatic N) is 1. The van der Waals surface area contributed by atoms with Crippen molar-refractivity contribution in [3.05, 3.63) is 111 Å². The van der Waals surface area contributed by atoms with Crippen LogP contribution in [0.1, 0.15) is 11.1 Å². The van der Waals surface area contributed by atoms with E-state index in [0.717, 1.165) is 6.07 Å². The minimum Gasteiger partial charge on any atom is -0.505 e. The molecule has 3 aromatic carbocycles. The van der Waals surface area contributed by atoms with Crippen molar-refractivity contribution < 1.29 is 27.4 Å². The Morgan fingerprint density at radius 1 is 0.949 bits per heavy atom. The van der Waals surface area contributed by atoms with Crippen LogP contribution < -0.4 is 15.9 Å². The topological polar surface area (TPSA) is 81.7 Å². The van der Waals surface area contributed by atoms with Crippen LogP contribution in [0.2, 0.25) is 0 Å². The van der Waals surface area contributed by atoms with E-state index in [1.807, 2.05) is 6.07 Å². The molecular weight excluding hydrogens is 531 g/mol. The molecule has 0 aliphatic carbocycles. The van der Waals surface area contributed by atoms with Crippen molar-refractivity contribution in [3.63, 3.8) is 0 Å². The molecule has 1 N–H and O–H groups in total. The fraction of sp³-hybridized carbons (Fsp3) is 0.103. The third-order valence-electron chi connectivity index (χ3n) is 6.16. The molecule has 0 aliphatic rings. The van der Waals surface area contributed by atoms with Crippen molar-refractivity contribution in [3.8, 4) is 28.4 Å². The first-order valence-corrected chi connectivity index (χ1v) is 12.4. The van der Waals surface area contributed by atoms with Crippen LogP contribution in [0.25, 0.3) is 27.9 Å². The number of aromatic nitrogens is 1. The number of pyridine rings is 1. The third kappa shape index (κ3) is 4.67. The van der Waals surface area contributed by atoms with E-state index in [2.05, 4.69) is 0 Å². The Balaban J connectivity index is 1.85. The molecule has 0 aliphatic heterocycles. The third-order valence-corrected chi connectivity index (χ3v) is 7.30. The highest BCUT2D eigenvalue weighted by molar-refractivity contribution is 7.99. The number of alkyl halides is 3. The molecule has 198 valence electrons. The zero-order chi connectivity index (χ0) is 27.9. The zero-order valence-electron chi connectivity index (χ0n) is 20.6. The quantitative estimate of drug-likeness (QED) is 0.259. The van der Waals surface area contributed by atoms with Crippen molar-refractivity contribution in [1.82, 2.24) is 4.57 Å². The van der Waals surface area contributed by atoms with E-state index in [1.54, 1.807) is 55.5 Å². The normalized spacial score (nSPS) is 11.6. The first kappa shape index (κ1) is 26.2. The van der Waals surface area contributed by atoms with Gasteiger partial charge in [-0.1, -0.05) is 60.3 Å². The van der Waals surface area contributed by atoms with Gasteiger partial charge in [0.1, 0.15) is 16.0 Å². The first-order valence-electron chi connectivity index (χ1n) is 11.6. The van der Waals surface area contributed by atoms with Gasteiger partial charge < -0.3 is 14.3 Å². The Kier molecular flexibility index (Phi) is 6.73. The van der Waals surface area contributed by atoms with Gasteiger partial charge in [-0.3, -0.25) is 9.36 Å². The Bertz CT molecular complexity index is 1830. The van der Waals surface area contributed by atoms with Gasteiger partial charge in [-0.05, 0) is 36.8 Å². The van der Waals surface area contributed by atoms with Crippen LogP contribution in [0.5, 0.6) is 11.5 Å². The maximum atomic E-state index is 14.0. The SMILES string of the molecule is COc1cccc(-n2c(-c3ccccc3)c(C)c3oc(=O)c(Sc4ccccc4C(F)(F)F)c(O)c3c2=O)c1. The van der Waals surface area contributed by atoms with Gasteiger partial charge in [0.25, 0.3) is 5.56 Å². The number of hydrogen-bond acceptors (Lipinski definition) is 6. The van der Waals surface area contributed by atoms with Crippen LogP contribution in [0.15, 0.2) is 103 Å². The molecule has 0 atom stereocenters. The molecule has 0 bridgehead atoms. The maximum Gasteiger partial charge on any atom is 0.417 e. The van der Waals surface area contributed by atoms with E-state index >= 15 is 0 Å². The van der Waals surface area contributed by atoms with Gasteiger partial charge in [-0.2, -0.15) is 13.2 Å². The van der Waals surface area contributed by atoms with Crippen LogP contribution >= 0.6 is 11.8 Å². The average molecular weight is 552 g/mol. The number of ether oxygens (including phenoxy) is 1. The molecule has 5 aromatic rings. The number of rotatable bonds is 5. The van der Waals surface area contributed by atoms with Crippen molar-refractivity contribution >= 4 is 22.7 Å². The molecule has 0 spiro atoms. The summed E-state index contributed by atoms with van der Waals surface area (Å²) in [5.74, 6) is -0.285. The number of aromatic hydroxyl groups is 1. The molecule has 2 aromatic heterocycles. The predicted molar refractivity (Wildman–Crippen MR) is 142 cm³/mol. The Morgan fingerprint density at radius 3 is 2.33 bits per heavy atom. The molecule has 0 fully saturated rings. The number of aryl methyl sites for hydroxylation is 1. The van der Waals surface area contributed by atoms with E-state index in [0.29, 0.717) is 40.0 Å². The second kappa shape index (κ2) is 10.0. The Morgan fingerprint density at radius 2 is 1.64 bits per heavy atom. The van der Waals surface area contributed by atoms with Gasteiger partial charge in [0, 0.05) is 16.5 Å². The fourth-order valence-corrected chi connectivity index (χ4v) is 5.37. The molecule has 0 saturated heterocycles. The van der Waals surface area contributed by atoms with E-state index in [1.165, 1.54) is 29.9 Å². The minimum atomic E-state index is -4.70. The largest absolute Gasteiger partial charge is 0.505 e. The van der Waals surface area contributed by atoms with Crippen LogP contribution in [0, 0.1) is 6.92 Å². The maximum absolute atomic E-state index is 14.0. The monoisotopic (exact) mass is 551 g/mol. The summed E-state index contributed by atoms with van der Waals surface area (Å²) >= 11 is 0.388. The number of hydrogen-bond donors (Lipinski definition) is 1. The fourth-order valence-electron chi connectivity index (χ4n) is 4.39. The van der Waals surface area contributed by atoms with Crippen LogP contribution in [0.3, 0.4) is 0 Å². The lowest BCUT2D eigenvalue weighted by atomic mass is 10.0. The average Bonchev–Trinajstić information content (AvgIpc) is 2.92. The molecule has 0 radical (unpaired) electrons. The molecule has 0 saturated carbocycles. The van der Waals surface area contributed by atoms with Gasteiger partial charge in [-0.25, -0.2) is 4.79 Å². The van der Waals surface area contributed by atoms with Crippen LogP contribution in [-0.2, 0) is 6.18 Å². The van der Waals surface area contributed by atoms with Gasteiger partial charge in [0.15, 0.2) is 11.3 Å². The summed E-state index contributed by atoms with van der Waals surface area (Å²) < 4.78 is 53.0. The second-order valence-electron chi connectivity index (χ2n) is 8.55. The molecule has 5 rings (SSSR count). The molecule has 6 nitrogen and oxygen atoms in total. The number of benzene rings is 3. The zero-order valence-corrected chi connectivity index (χ0v) is 21.4. The summed E-state index contributed by atoms with van der Waals surface area (Å²) in [6, 6.07) is 20.3. The van der Waals surface area contributed by atoms with Gasteiger partial charge in [0.05, 0.1) is 24.1 Å². The summed E-state index contributed by atoms with van der Waals surface area (Å²) in [5, 5.41) is 10.9. The van der Waals surface area contributed by atoms with Gasteiger partial charge in [0.2, 0.25) is 0 Å². The smallest absolute Gasteiger partial charge is 0.417 e. The van der Waals surface area contributed by atoms with E-state index in [-0.39, 0.29) is 15.9 Å². The van der Waals surface area contributed by atoms with Crippen molar-refractivity contribution in [1.29, 1.82) is 0 Å². The highest BCUT2D eigenvalue weighted by atomic mass is 32.2.